The normalized spacial score (nSPS) is 12.1. The summed E-state index contributed by atoms with van der Waals surface area (Å²) in [5.74, 6) is -0.256. The van der Waals surface area contributed by atoms with Crippen LogP contribution in [0.1, 0.15) is 0 Å². The maximum atomic E-state index is 11.9. The third-order valence-corrected chi connectivity index (χ3v) is 2.97. The number of hydrogen-bond acceptors (Lipinski definition) is 6. The number of hydrogen-bond donors (Lipinski definition) is 2. The van der Waals surface area contributed by atoms with Gasteiger partial charge in [0.1, 0.15) is 0 Å². The van der Waals surface area contributed by atoms with Gasteiger partial charge in [0.25, 0.3) is 0 Å². The smallest absolute Gasteiger partial charge is 0.241 e. The lowest BCUT2D eigenvalue weighted by atomic mass is 10.2. The molecule has 6 heteroatoms. The molecule has 0 aliphatic rings. The molecular formula is C16H12N4O2. The van der Waals surface area contributed by atoms with E-state index in [0.29, 0.717) is 5.69 Å². The molecule has 0 unspecified atom stereocenters. The zero-order valence-corrected chi connectivity index (χ0v) is 11.5. The molecule has 22 heavy (non-hydrogen) atoms. The molecular weight excluding hydrogens is 280 g/mol. The largest absolute Gasteiger partial charge is 0.504 e. The van der Waals surface area contributed by atoms with Crippen LogP contribution in [0.2, 0.25) is 0 Å². The summed E-state index contributed by atoms with van der Waals surface area (Å²) in [4.78, 5) is 11.9. The second-order valence-corrected chi connectivity index (χ2v) is 4.50. The molecule has 2 N–H and O–H groups in total. The van der Waals surface area contributed by atoms with Gasteiger partial charge < -0.3 is 5.11 Å². The van der Waals surface area contributed by atoms with Crippen LogP contribution in [0.3, 0.4) is 0 Å². The number of nitrogens with zero attached hydrogens (tertiary/aromatic N) is 3. The van der Waals surface area contributed by atoms with Gasteiger partial charge in [0.2, 0.25) is 5.43 Å². The molecule has 0 saturated carbocycles. The van der Waals surface area contributed by atoms with Gasteiger partial charge in [-0.05, 0) is 24.3 Å². The molecule has 0 spiro atoms. The summed E-state index contributed by atoms with van der Waals surface area (Å²) in [6.45, 7) is 0. The van der Waals surface area contributed by atoms with E-state index in [4.69, 9.17) is 0 Å². The van der Waals surface area contributed by atoms with Gasteiger partial charge in [-0.25, -0.2) is 0 Å². The highest BCUT2D eigenvalue weighted by Gasteiger charge is 2.18. The van der Waals surface area contributed by atoms with Crippen molar-refractivity contribution in [2.75, 3.05) is 5.43 Å². The van der Waals surface area contributed by atoms with Crippen LogP contribution in [0.5, 0.6) is 5.75 Å². The maximum Gasteiger partial charge on any atom is 0.241 e. The van der Waals surface area contributed by atoms with Crippen molar-refractivity contribution in [2.45, 2.75) is 0 Å². The first-order valence-electron chi connectivity index (χ1n) is 6.59. The molecule has 0 radical (unpaired) electrons. The molecule has 0 atom stereocenters. The third-order valence-electron chi connectivity index (χ3n) is 2.97. The molecule has 3 rings (SSSR count). The Morgan fingerprint density at radius 2 is 1.50 bits per heavy atom. The topological polar surface area (TPSA) is 86.4 Å². The number of aromatic hydroxyl groups is 1. The molecule has 0 saturated heterocycles. The predicted molar refractivity (Wildman–Crippen MR) is 83.0 cm³/mol. The molecule has 3 aromatic rings. The quantitative estimate of drug-likeness (QED) is 0.572. The Morgan fingerprint density at radius 3 is 2.14 bits per heavy atom. The number of benzene rings is 2. The van der Waals surface area contributed by atoms with Gasteiger partial charge in [-0.15, -0.1) is 5.11 Å². The third kappa shape index (κ3) is 2.76. The van der Waals surface area contributed by atoms with Gasteiger partial charge in [0.05, 0.1) is 11.4 Å². The second kappa shape index (κ2) is 6.01. The highest BCUT2D eigenvalue weighted by molar-refractivity contribution is 5.56. The number of azo groups is 1. The minimum Gasteiger partial charge on any atom is -0.504 e. The molecule has 0 aliphatic carbocycles. The summed E-state index contributed by atoms with van der Waals surface area (Å²) in [5.41, 5.74) is 3.49. The summed E-state index contributed by atoms with van der Waals surface area (Å²) in [5, 5.41) is 21.3. The monoisotopic (exact) mass is 292 g/mol. The highest BCUT2D eigenvalue weighted by atomic mass is 16.3. The van der Waals surface area contributed by atoms with Crippen LogP contribution >= 0.6 is 0 Å². The first-order chi connectivity index (χ1) is 10.8. The van der Waals surface area contributed by atoms with Gasteiger partial charge in [-0.2, -0.15) is 10.2 Å². The average Bonchev–Trinajstić information content (AvgIpc) is 2.57. The molecule has 6 nitrogen and oxygen atoms in total. The maximum absolute atomic E-state index is 11.9. The SMILES string of the molecule is O=c1c(N=Nc2ccccc2)c(O)/c1=N\Nc1ccccc1. The van der Waals surface area contributed by atoms with E-state index >= 15 is 0 Å². The minimum absolute atomic E-state index is 0.0501. The molecule has 0 aliphatic heterocycles. The summed E-state index contributed by atoms with van der Waals surface area (Å²) >= 11 is 0. The van der Waals surface area contributed by atoms with Crippen molar-refractivity contribution >= 4 is 17.1 Å². The van der Waals surface area contributed by atoms with Crippen LogP contribution < -0.4 is 16.2 Å². The minimum atomic E-state index is -0.444. The fourth-order valence-electron chi connectivity index (χ4n) is 1.81. The first kappa shape index (κ1) is 13.7. The van der Waals surface area contributed by atoms with Gasteiger partial charge >= 0.3 is 0 Å². The van der Waals surface area contributed by atoms with E-state index in [-0.39, 0.29) is 16.8 Å². The molecule has 0 amide bonds. The molecule has 0 aromatic heterocycles. The zero-order valence-electron chi connectivity index (χ0n) is 11.5. The Hall–Kier alpha value is -3.28. The molecule has 0 fully saturated rings. The van der Waals surface area contributed by atoms with E-state index in [0.717, 1.165) is 5.69 Å². The summed E-state index contributed by atoms with van der Waals surface area (Å²) in [7, 11) is 0. The lowest BCUT2D eigenvalue weighted by Gasteiger charge is -2.03. The Balaban J connectivity index is 1.80. The Kier molecular flexibility index (Phi) is 3.74. The predicted octanol–water partition coefficient (Wildman–Crippen LogP) is 2.97. The fourth-order valence-corrected chi connectivity index (χ4v) is 1.81. The number of nitrogens with one attached hydrogen (secondary N) is 1. The van der Waals surface area contributed by atoms with E-state index in [1.54, 1.807) is 24.3 Å². The summed E-state index contributed by atoms with van der Waals surface area (Å²) in [6.07, 6.45) is 0. The van der Waals surface area contributed by atoms with E-state index in [1.807, 2.05) is 36.4 Å². The van der Waals surface area contributed by atoms with Crippen molar-refractivity contribution in [3.8, 4) is 5.75 Å². The molecule has 3 aromatic carbocycles. The lowest BCUT2D eigenvalue weighted by Crippen LogP contribution is -2.31. The molecule has 0 bridgehead atoms. The van der Waals surface area contributed by atoms with Gasteiger partial charge in [-0.3, -0.25) is 10.2 Å². The van der Waals surface area contributed by atoms with Gasteiger partial charge in [0.15, 0.2) is 16.8 Å². The van der Waals surface area contributed by atoms with Crippen molar-refractivity contribution in [3.63, 3.8) is 0 Å². The van der Waals surface area contributed by atoms with Crippen LogP contribution in [0.15, 0.2) is 80.8 Å². The van der Waals surface area contributed by atoms with E-state index in [2.05, 4.69) is 20.8 Å². The number of anilines is 1. The Morgan fingerprint density at radius 1 is 0.864 bits per heavy atom. The summed E-state index contributed by atoms with van der Waals surface area (Å²) in [6, 6.07) is 18.1. The second-order valence-electron chi connectivity index (χ2n) is 4.50. The van der Waals surface area contributed by atoms with E-state index < -0.39 is 5.43 Å². The average molecular weight is 292 g/mol. The standard InChI is InChI=1S/C16H12N4O2/c21-15-13(19-17-11-7-3-1-4-8-11)16(22)14(15)20-18-12-9-5-2-6-10-12/h1-10,17,21H/b19-13+,20-18?. The van der Waals surface area contributed by atoms with E-state index in [9.17, 15) is 9.90 Å². The van der Waals surface area contributed by atoms with Crippen LogP contribution in [0, 0.1) is 0 Å². The number of para-hydroxylation sites is 1. The van der Waals surface area contributed by atoms with Crippen LogP contribution in [-0.2, 0) is 0 Å². The summed E-state index contributed by atoms with van der Waals surface area (Å²) < 4.78 is 0. The Labute approximate surface area is 125 Å². The zero-order chi connectivity index (χ0) is 15.4. The van der Waals surface area contributed by atoms with Crippen molar-refractivity contribution in [1.29, 1.82) is 0 Å². The lowest BCUT2D eigenvalue weighted by molar-refractivity contribution is 0.461. The van der Waals surface area contributed by atoms with Crippen LogP contribution in [0.4, 0.5) is 17.1 Å². The number of rotatable bonds is 4. The van der Waals surface area contributed by atoms with Gasteiger partial charge in [-0.1, -0.05) is 36.4 Å². The molecule has 108 valence electrons. The van der Waals surface area contributed by atoms with Gasteiger partial charge in [0, 0.05) is 0 Å². The van der Waals surface area contributed by atoms with Crippen molar-refractivity contribution in [1.82, 2.24) is 0 Å². The van der Waals surface area contributed by atoms with Crippen molar-refractivity contribution < 1.29 is 5.11 Å². The molecule has 0 heterocycles. The Bertz CT molecular complexity index is 880. The fraction of sp³-hybridized carbons (Fsp3) is 0. The van der Waals surface area contributed by atoms with Crippen LogP contribution in [-0.4, -0.2) is 5.11 Å². The van der Waals surface area contributed by atoms with Crippen molar-refractivity contribution in [3.05, 3.63) is 76.2 Å². The van der Waals surface area contributed by atoms with E-state index in [1.165, 1.54) is 0 Å². The first-order valence-corrected chi connectivity index (χ1v) is 6.59. The van der Waals surface area contributed by atoms with Crippen molar-refractivity contribution in [2.24, 2.45) is 15.3 Å². The highest BCUT2D eigenvalue weighted by Crippen LogP contribution is 2.22. The van der Waals surface area contributed by atoms with Crippen LogP contribution in [0.25, 0.3) is 0 Å².